The first-order chi connectivity index (χ1) is 7.27. The van der Waals surface area contributed by atoms with Gasteiger partial charge in [0, 0.05) is 6.04 Å². The molecule has 0 fully saturated rings. The van der Waals surface area contributed by atoms with E-state index in [1.807, 2.05) is 7.05 Å². The summed E-state index contributed by atoms with van der Waals surface area (Å²) in [5.41, 5.74) is 5.81. The number of benzene rings is 1. The van der Waals surface area contributed by atoms with Gasteiger partial charge in [-0.1, -0.05) is 32.9 Å². The van der Waals surface area contributed by atoms with Crippen molar-refractivity contribution in [3.05, 3.63) is 34.4 Å². The Hall–Kier alpha value is -0.820. The van der Waals surface area contributed by atoms with Gasteiger partial charge in [0.15, 0.2) is 0 Å². The Kier molecular flexibility index (Phi) is 3.80. The zero-order valence-electron chi connectivity index (χ0n) is 11.7. The lowest BCUT2D eigenvalue weighted by molar-refractivity contribution is 0.286. The first-order valence-corrected chi connectivity index (χ1v) is 6.02. The van der Waals surface area contributed by atoms with Crippen LogP contribution in [0.5, 0.6) is 0 Å². The highest BCUT2D eigenvalue weighted by Gasteiger charge is 2.26. The quantitative estimate of drug-likeness (QED) is 0.795. The summed E-state index contributed by atoms with van der Waals surface area (Å²) in [5, 5.41) is 3.45. The molecule has 0 radical (unpaired) electrons. The molecule has 1 aromatic carbocycles. The van der Waals surface area contributed by atoms with E-state index in [0.717, 1.165) is 0 Å². The van der Waals surface area contributed by atoms with Gasteiger partial charge < -0.3 is 5.32 Å². The maximum Gasteiger partial charge on any atom is 0.0369 e. The lowest BCUT2D eigenvalue weighted by Crippen LogP contribution is -2.30. The summed E-state index contributed by atoms with van der Waals surface area (Å²) >= 11 is 0. The summed E-state index contributed by atoms with van der Waals surface area (Å²) < 4.78 is 0. The van der Waals surface area contributed by atoms with Gasteiger partial charge in [0.25, 0.3) is 0 Å². The van der Waals surface area contributed by atoms with Crippen LogP contribution in [0.15, 0.2) is 12.1 Å². The van der Waals surface area contributed by atoms with Crippen molar-refractivity contribution in [3.8, 4) is 0 Å². The minimum Gasteiger partial charge on any atom is -0.313 e. The number of rotatable bonds is 2. The van der Waals surface area contributed by atoms with Crippen molar-refractivity contribution in [2.24, 2.45) is 5.41 Å². The van der Waals surface area contributed by atoms with E-state index in [9.17, 15) is 0 Å². The zero-order valence-corrected chi connectivity index (χ0v) is 11.7. The lowest BCUT2D eigenvalue weighted by Gasteiger charge is -2.32. The molecule has 1 N–H and O–H groups in total. The molecule has 1 atom stereocenters. The van der Waals surface area contributed by atoms with Gasteiger partial charge in [-0.2, -0.15) is 0 Å². The molecule has 1 nitrogen and oxygen atoms in total. The summed E-state index contributed by atoms with van der Waals surface area (Å²) in [4.78, 5) is 0. The highest BCUT2D eigenvalue weighted by atomic mass is 14.9. The van der Waals surface area contributed by atoms with E-state index < -0.39 is 0 Å². The molecule has 0 saturated carbocycles. The minimum atomic E-state index is 0.237. The summed E-state index contributed by atoms with van der Waals surface area (Å²) in [6.45, 7) is 13.4. The van der Waals surface area contributed by atoms with Gasteiger partial charge in [-0.3, -0.25) is 0 Å². The fraction of sp³-hybridized carbons (Fsp3) is 0.600. The minimum absolute atomic E-state index is 0.237. The average molecular weight is 219 g/mol. The van der Waals surface area contributed by atoms with Gasteiger partial charge in [-0.15, -0.1) is 0 Å². The van der Waals surface area contributed by atoms with Crippen LogP contribution in [0.1, 0.15) is 49.1 Å². The molecule has 0 aliphatic heterocycles. The van der Waals surface area contributed by atoms with Crippen molar-refractivity contribution in [3.63, 3.8) is 0 Å². The molecule has 0 heterocycles. The predicted molar refractivity (Wildman–Crippen MR) is 71.9 cm³/mol. The molecular formula is C15H25N. The first-order valence-electron chi connectivity index (χ1n) is 6.02. The van der Waals surface area contributed by atoms with Crippen LogP contribution in [0.3, 0.4) is 0 Å². The molecule has 1 heteroatoms. The molecule has 16 heavy (non-hydrogen) atoms. The summed E-state index contributed by atoms with van der Waals surface area (Å²) in [7, 11) is 2.05. The van der Waals surface area contributed by atoms with Crippen LogP contribution < -0.4 is 5.32 Å². The molecule has 0 spiro atoms. The van der Waals surface area contributed by atoms with Crippen molar-refractivity contribution in [1.29, 1.82) is 0 Å². The van der Waals surface area contributed by atoms with Gasteiger partial charge in [0.1, 0.15) is 0 Å². The Morgan fingerprint density at radius 3 is 1.88 bits per heavy atom. The second-order valence-corrected chi connectivity index (χ2v) is 5.88. The predicted octanol–water partition coefficient (Wildman–Crippen LogP) is 3.92. The third-order valence-corrected chi connectivity index (χ3v) is 3.35. The van der Waals surface area contributed by atoms with Crippen molar-refractivity contribution >= 4 is 0 Å². The van der Waals surface area contributed by atoms with Crippen LogP contribution in [-0.2, 0) is 0 Å². The van der Waals surface area contributed by atoms with Gasteiger partial charge in [0.05, 0.1) is 0 Å². The maximum atomic E-state index is 3.45. The van der Waals surface area contributed by atoms with E-state index in [0.29, 0.717) is 6.04 Å². The number of hydrogen-bond acceptors (Lipinski definition) is 1. The Bertz CT molecular complexity index is 372. The molecule has 1 rings (SSSR count). The molecule has 1 aromatic rings. The molecular weight excluding hydrogens is 194 g/mol. The van der Waals surface area contributed by atoms with E-state index in [1.165, 1.54) is 22.3 Å². The molecule has 0 saturated heterocycles. The number of hydrogen-bond donors (Lipinski definition) is 1. The molecule has 0 amide bonds. The van der Waals surface area contributed by atoms with Crippen LogP contribution in [0, 0.1) is 26.2 Å². The van der Waals surface area contributed by atoms with E-state index in [4.69, 9.17) is 0 Å². The van der Waals surface area contributed by atoms with E-state index in [-0.39, 0.29) is 5.41 Å². The molecule has 0 bridgehead atoms. The maximum absolute atomic E-state index is 3.45. The van der Waals surface area contributed by atoms with Crippen LogP contribution >= 0.6 is 0 Å². The molecule has 1 unspecified atom stereocenters. The third kappa shape index (κ3) is 2.65. The Morgan fingerprint density at radius 1 is 0.938 bits per heavy atom. The molecule has 0 aromatic heterocycles. The van der Waals surface area contributed by atoms with Crippen molar-refractivity contribution in [1.82, 2.24) is 5.32 Å². The molecule has 90 valence electrons. The average Bonchev–Trinajstić information content (AvgIpc) is 2.12. The lowest BCUT2D eigenvalue weighted by atomic mass is 9.80. The smallest absolute Gasteiger partial charge is 0.0369 e. The van der Waals surface area contributed by atoms with Crippen molar-refractivity contribution in [2.45, 2.75) is 47.6 Å². The zero-order chi connectivity index (χ0) is 12.5. The highest BCUT2D eigenvalue weighted by Crippen LogP contribution is 2.34. The SMILES string of the molecule is CNC(c1cc(C)c(C)cc1C)C(C)(C)C. The summed E-state index contributed by atoms with van der Waals surface area (Å²) in [6, 6.07) is 5.03. The normalized spacial score (nSPS) is 13.9. The summed E-state index contributed by atoms with van der Waals surface area (Å²) in [6.07, 6.45) is 0. The third-order valence-electron chi connectivity index (χ3n) is 3.35. The topological polar surface area (TPSA) is 12.0 Å². The van der Waals surface area contributed by atoms with Gasteiger partial charge >= 0.3 is 0 Å². The fourth-order valence-electron chi connectivity index (χ4n) is 2.35. The Balaban J connectivity index is 3.26. The molecule has 0 aliphatic rings. The number of aryl methyl sites for hydroxylation is 3. The van der Waals surface area contributed by atoms with Gasteiger partial charge in [0.2, 0.25) is 0 Å². The molecule has 0 aliphatic carbocycles. The second-order valence-electron chi connectivity index (χ2n) is 5.88. The Morgan fingerprint density at radius 2 is 1.44 bits per heavy atom. The standard InChI is InChI=1S/C15H25N/c1-10-8-12(3)13(9-11(10)2)14(16-7)15(4,5)6/h8-9,14,16H,1-7H3. The van der Waals surface area contributed by atoms with E-state index in [2.05, 4.69) is 59.0 Å². The largest absolute Gasteiger partial charge is 0.313 e. The van der Waals surface area contributed by atoms with Crippen LogP contribution in [-0.4, -0.2) is 7.05 Å². The summed E-state index contributed by atoms with van der Waals surface area (Å²) in [5.74, 6) is 0. The first kappa shape index (κ1) is 13.2. The van der Waals surface area contributed by atoms with Gasteiger partial charge in [-0.25, -0.2) is 0 Å². The van der Waals surface area contributed by atoms with Crippen LogP contribution in [0.25, 0.3) is 0 Å². The Labute approximate surface area is 100 Å². The highest BCUT2D eigenvalue weighted by molar-refractivity contribution is 5.38. The van der Waals surface area contributed by atoms with Crippen molar-refractivity contribution in [2.75, 3.05) is 7.05 Å². The van der Waals surface area contributed by atoms with Gasteiger partial charge in [-0.05, 0) is 55.5 Å². The van der Waals surface area contributed by atoms with Crippen molar-refractivity contribution < 1.29 is 0 Å². The van der Waals surface area contributed by atoms with E-state index >= 15 is 0 Å². The van der Waals surface area contributed by atoms with Crippen LogP contribution in [0.2, 0.25) is 0 Å². The second kappa shape index (κ2) is 4.58. The number of nitrogens with one attached hydrogen (secondary N) is 1. The monoisotopic (exact) mass is 219 g/mol. The fourth-order valence-corrected chi connectivity index (χ4v) is 2.35. The van der Waals surface area contributed by atoms with Crippen LogP contribution in [0.4, 0.5) is 0 Å². The van der Waals surface area contributed by atoms with E-state index in [1.54, 1.807) is 0 Å².